The van der Waals surface area contributed by atoms with Gasteiger partial charge in [-0.25, -0.2) is 9.59 Å². The van der Waals surface area contributed by atoms with E-state index in [1.165, 1.54) is 0 Å². The van der Waals surface area contributed by atoms with Crippen LogP contribution in [-0.4, -0.2) is 37.7 Å². The van der Waals surface area contributed by atoms with Crippen molar-refractivity contribution in [3.8, 4) is 5.75 Å². The molecule has 0 atom stereocenters. The molecule has 1 N–H and O–H groups in total. The molecule has 0 radical (unpaired) electrons. The zero-order valence-electron chi connectivity index (χ0n) is 15.7. The summed E-state index contributed by atoms with van der Waals surface area (Å²) in [5.74, 6) is -1.01. The molecule has 0 aliphatic rings. The summed E-state index contributed by atoms with van der Waals surface area (Å²) in [6.45, 7) is 1.68. The van der Waals surface area contributed by atoms with Crippen molar-refractivity contribution in [2.75, 3.05) is 25.1 Å². The molecule has 2 aromatic carbocycles. The van der Waals surface area contributed by atoms with Gasteiger partial charge in [0.05, 0.1) is 12.2 Å². The van der Waals surface area contributed by atoms with Crippen molar-refractivity contribution in [2.24, 2.45) is 0 Å². The first-order chi connectivity index (χ1) is 13.6. The van der Waals surface area contributed by atoms with Gasteiger partial charge in [-0.05, 0) is 42.8 Å². The molecule has 0 saturated heterocycles. The van der Waals surface area contributed by atoms with Crippen LogP contribution in [0.25, 0.3) is 0 Å². The van der Waals surface area contributed by atoms with E-state index in [-0.39, 0.29) is 6.61 Å². The highest BCUT2D eigenvalue weighted by molar-refractivity contribution is 5.94. The molecular weight excluding hydrogens is 362 g/mol. The van der Waals surface area contributed by atoms with Gasteiger partial charge in [-0.1, -0.05) is 31.5 Å². The van der Waals surface area contributed by atoms with Crippen molar-refractivity contribution in [1.82, 2.24) is 0 Å². The lowest BCUT2D eigenvalue weighted by Crippen LogP contribution is -2.23. The number of esters is 2. The van der Waals surface area contributed by atoms with Gasteiger partial charge in [-0.3, -0.25) is 4.79 Å². The largest absolute Gasteiger partial charge is 0.482 e. The number of para-hydroxylation sites is 1. The monoisotopic (exact) mass is 385 g/mol. The van der Waals surface area contributed by atoms with E-state index < -0.39 is 24.5 Å². The first-order valence-corrected chi connectivity index (χ1v) is 8.99. The van der Waals surface area contributed by atoms with Crippen LogP contribution in [0.1, 0.15) is 30.1 Å². The second kappa shape index (κ2) is 11.4. The van der Waals surface area contributed by atoms with Crippen molar-refractivity contribution >= 4 is 23.5 Å². The fourth-order valence-corrected chi connectivity index (χ4v) is 2.13. The molecule has 0 saturated carbocycles. The highest BCUT2D eigenvalue weighted by Crippen LogP contribution is 2.11. The minimum absolute atomic E-state index is 0.286. The molecule has 2 aromatic rings. The van der Waals surface area contributed by atoms with Crippen molar-refractivity contribution in [3.05, 3.63) is 60.2 Å². The lowest BCUT2D eigenvalue weighted by molar-refractivity contribution is -0.149. The number of anilines is 1. The molecule has 0 aliphatic carbocycles. The van der Waals surface area contributed by atoms with E-state index in [1.807, 2.05) is 13.0 Å². The molecule has 7 heteroatoms. The molecule has 0 heterocycles. The van der Waals surface area contributed by atoms with E-state index in [0.29, 0.717) is 23.6 Å². The maximum absolute atomic E-state index is 11.9. The lowest BCUT2D eigenvalue weighted by atomic mass is 10.2. The Hall–Kier alpha value is -3.35. The Labute approximate surface area is 163 Å². The lowest BCUT2D eigenvalue weighted by Gasteiger charge is -2.08. The average Bonchev–Trinajstić information content (AvgIpc) is 2.72. The smallest absolute Gasteiger partial charge is 0.344 e. The Morgan fingerprint density at radius 2 is 1.61 bits per heavy atom. The Morgan fingerprint density at radius 1 is 0.893 bits per heavy atom. The van der Waals surface area contributed by atoms with Crippen molar-refractivity contribution in [1.29, 1.82) is 0 Å². The number of hydrogen-bond donors (Lipinski definition) is 1. The molecule has 2 rings (SSSR count). The third kappa shape index (κ3) is 7.49. The maximum atomic E-state index is 11.9. The third-order valence-electron chi connectivity index (χ3n) is 3.60. The van der Waals surface area contributed by atoms with E-state index >= 15 is 0 Å². The zero-order valence-corrected chi connectivity index (χ0v) is 15.7. The van der Waals surface area contributed by atoms with Crippen LogP contribution in [0.4, 0.5) is 5.69 Å². The summed E-state index contributed by atoms with van der Waals surface area (Å²) < 4.78 is 15.2. The number of unbranched alkanes of at least 4 members (excludes halogenated alkanes) is 1. The number of rotatable bonds is 10. The number of amides is 1. The minimum atomic E-state index is -0.649. The summed E-state index contributed by atoms with van der Waals surface area (Å²) >= 11 is 0. The van der Waals surface area contributed by atoms with Gasteiger partial charge in [-0.15, -0.1) is 0 Å². The number of ether oxygens (including phenoxy) is 3. The van der Waals surface area contributed by atoms with Crippen molar-refractivity contribution < 1.29 is 28.6 Å². The summed E-state index contributed by atoms with van der Waals surface area (Å²) in [4.78, 5) is 35.3. The molecule has 0 unspecified atom stereocenters. The molecule has 28 heavy (non-hydrogen) atoms. The molecule has 1 amide bonds. The van der Waals surface area contributed by atoms with Gasteiger partial charge in [0, 0.05) is 5.69 Å². The minimum Gasteiger partial charge on any atom is -0.482 e. The predicted molar refractivity (Wildman–Crippen MR) is 103 cm³/mol. The van der Waals surface area contributed by atoms with Gasteiger partial charge in [0.25, 0.3) is 5.91 Å². The van der Waals surface area contributed by atoms with Crippen LogP contribution >= 0.6 is 0 Å². The second-order valence-corrected chi connectivity index (χ2v) is 5.88. The molecule has 0 fully saturated rings. The van der Waals surface area contributed by atoms with Crippen molar-refractivity contribution in [2.45, 2.75) is 19.8 Å². The summed E-state index contributed by atoms with van der Waals surface area (Å²) in [7, 11) is 0. The van der Waals surface area contributed by atoms with Gasteiger partial charge in [0.15, 0.2) is 13.2 Å². The molecule has 7 nitrogen and oxygen atoms in total. The highest BCUT2D eigenvalue weighted by Gasteiger charge is 2.10. The summed E-state index contributed by atoms with van der Waals surface area (Å²) in [5.41, 5.74) is 0.880. The standard InChI is InChI=1S/C21H23NO6/c1-2-3-13-26-21(25)16-9-11-17(12-10-16)22-19(23)14-28-20(24)15-27-18-7-5-4-6-8-18/h4-12H,2-3,13-15H2,1H3,(H,22,23). The maximum Gasteiger partial charge on any atom is 0.344 e. The first kappa shape index (κ1) is 21.0. The average molecular weight is 385 g/mol. The summed E-state index contributed by atoms with van der Waals surface area (Å²) in [6.07, 6.45) is 1.76. The molecule has 0 aliphatic heterocycles. The molecule has 0 bridgehead atoms. The quantitative estimate of drug-likeness (QED) is 0.499. The fraction of sp³-hybridized carbons (Fsp3) is 0.286. The highest BCUT2D eigenvalue weighted by atomic mass is 16.6. The normalized spacial score (nSPS) is 10.0. The van der Waals surface area contributed by atoms with Crippen LogP contribution in [0.5, 0.6) is 5.75 Å². The molecular formula is C21H23NO6. The summed E-state index contributed by atoms with van der Waals surface area (Å²) in [5, 5.41) is 2.58. The Balaban J connectivity index is 1.70. The van der Waals surface area contributed by atoms with Crippen LogP contribution < -0.4 is 10.1 Å². The van der Waals surface area contributed by atoms with E-state index in [9.17, 15) is 14.4 Å². The van der Waals surface area contributed by atoms with Gasteiger partial charge in [0.1, 0.15) is 5.75 Å². The van der Waals surface area contributed by atoms with Crippen LogP contribution in [0.15, 0.2) is 54.6 Å². The van der Waals surface area contributed by atoms with E-state index in [4.69, 9.17) is 14.2 Å². The van der Waals surface area contributed by atoms with E-state index in [1.54, 1.807) is 48.5 Å². The number of hydrogen-bond acceptors (Lipinski definition) is 6. The fourth-order valence-electron chi connectivity index (χ4n) is 2.13. The Kier molecular flexibility index (Phi) is 8.52. The molecule has 148 valence electrons. The number of benzene rings is 2. The first-order valence-electron chi connectivity index (χ1n) is 8.99. The number of carbonyl (C=O) groups is 3. The van der Waals surface area contributed by atoms with Crippen molar-refractivity contribution in [3.63, 3.8) is 0 Å². The van der Waals surface area contributed by atoms with E-state index in [0.717, 1.165) is 12.8 Å². The van der Waals surface area contributed by atoms with E-state index in [2.05, 4.69) is 5.32 Å². The van der Waals surface area contributed by atoms with Crippen LogP contribution in [-0.2, 0) is 19.1 Å². The summed E-state index contributed by atoms with van der Waals surface area (Å²) in [6, 6.07) is 15.1. The van der Waals surface area contributed by atoms with Gasteiger partial charge >= 0.3 is 11.9 Å². The van der Waals surface area contributed by atoms with Gasteiger partial charge in [0.2, 0.25) is 0 Å². The molecule has 0 aromatic heterocycles. The molecule has 0 spiro atoms. The topological polar surface area (TPSA) is 90.9 Å². The van der Waals surface area contributed by atoms with Crippen LogP contribution in [0, 0.1) is 0 Å². The Morgan fingerprint density at radius 3 is 2.29 bits per heavy atom. The second-order valence-electron chi connectivity index (χ2n) is 5.88. The van der Waals surface area contributed by atoms with Crippen LogP contribution in [0.2, 0.25) is 0 Å². The zero-order chi connectivity index (χ0) is 20.2. The third-order valence-corrected chi connectivity index (χ3v) is 3.60. The SMILES string of the molecule is CCCCOC(=O)c1ccc(NC(=O)COC(=O)COc2ccccc2)cc1. The Bertz CT molecular complexity index is 773. The van der Waals surface area contributed by atoms with Gasteiger partial charge < -0.3 is 19.5 Å². The van der Waals surface area contributed by atoms with Crippen LogP contribution in [0.3, 0.4) is 0 Å². The van der Waals surface area contributed by atoms with Gasteiger partial charge in [-0.2, -0.15) is 0 Å². The number of carbonyl (C=O) groups excluding carboxylic acids is 3. The number of nitrogens with one attached hydrogen (secondary N) is 1. The predicted octanol–water partition coefficient (Wildman–Crippen LogP) is 3.20.